The number of carbonyl (C=O) groups is 1. The van der Waals surface area contributed by atoms with E-state index in [1.165, 1.54) is 43.5 Å². The van der Waals surface area contributed by atoms with E-state index in [9.17, 15) is 65.8 Å². The van der Waals surface area contributed by atoms with E-state index in [-0.39, 0.29) is 17.1 Å². The van der Waals surface area contributed by atoms with Gasteiger partial charge in [-0.2, -0.15) is 0 Å². The van der Waals surface area contributed by atoms with Gasteiger partial charge >= 0.3 is 0 Å². The number of phenolic OH excluding ortho intramolecular Hbond substituents is 5. The van der Waals surface area contributed by atoms with Crippen LogP contribution in [0, 0.1) is 5.92 Å². The van der Waals surface area contributed by atoms with Crippen LogP contribution in [0.5, 0.6) is 46.0 Å². The summed E-state index contributed by atoms with van der Waals surface area (Å²) in [4.78, 5) is 27.1. The molecule has 0 amide bonds. The number of ether oxygens (including phenoxy) is 6. The fraction of sp³-hybridized carbons (Fsp3) is 0.385. The molecule has 0 bridgehead atoms. The normalized spacial score (nSPS) is 27.2. The Balaban J connectivity index is 1.27. The maximum atomic E-state index is 14.0. The van der Waals surface area contributed by atoms with Crippen molar-refractivity contribution >= 4 is 22.8 Å². The summed E-state index contributed by atoms with van der Waals surface area (Å²) in [5.74, 6) is -6.26. The maximum Gasteiger partial charge on any atom is 0.239 e. The van der Waals surface area contributed by atoms with E-state index < -0.39 is 143 Å². The van der Waals surface area contributed by atoms with Gasteiger partial charge in [-0.15, -0.1) is 0 Å². The summed E-state index contributed by atoms with van der Waals surface area (Å²) in [6, 6.07) is 8.54. The number of aromatic hydroxyl groups is 5. The molecule has 2 fully saturated rings. The highest BCUT2D eigenvalue weighted by Gasteiger charge is 2.49. The summed E-state index contributed by atoms with van der Waals surface area (Å²) < 4.78 is 39.0. The van der Waals surface area contributed by atoms with Crippen LogP contribution in [0.3, 0.4) is 0 Å². The molecule has 0 saturated carbocycles. The first-order valence-electron chi connectivity index (χ1n) is 17.9. The number of fused-ring (bicyclic) bond motifs is 1. The van der Waals surface area contributed by atoms with E-state index in [1.807, 2.05) is 0 Å². The number of allylic oxidation sites excluding steroid dienone is 1. The minimum atomic E-state index is -2.08. The highest BCUT2D eigenvalue weighted by molar-refractivity contribution is 5.94. The molecule has 59 heavy (non-hydrogen) atoms. The van der Waals surface area contributed by atoms with Crippen LogP contribution in [0.1, 0.15) is 12.0 Å². The number of aliphatic hydroxyl groups is 6. The molecule has 0 spiro atoms. The molecule has 2 aliphatic heterocycles. The third-order valence-corrected chi connectivity index (χ3v) is 9.93. The maximum absolute atomic E-state index is 14.0. The molecule has 11 N–H and O–H groups in total. The first kappa shape index (κ1) is 42.9. The van der Waals surface area contributed by atoms with E-state index in [2.05, 4.69) is 0 Å². The van der Waals surface area contributed by atoms with Crippen LogP contribution in [0.4, 0.5) is 0 Å². The lowest BCUT2D eigenvalue weighted by molar-refractivity contribution is -0.314. The Hall–Kier alpha value is -5.68. The molecule has 2 saturated heterocycles. The number of hydrogen-bond donors (Lipinski definition) is 11. The van der Waals surface area contributed by atoms with E-state index in [0.29, 0.717) is 5.56 Å². The molecule has 20 heteroatoms. The number of carbonyl (C=O) groups excluding carboxylic acids is 1. The molecule has 3 heterocycles. The first-order chi connectivity index (χ1) is 28.1. The second-order valence-corrected chi connectivity index (χ2v) is 13.7. The topological polar surface area (TPSA) is 325 Å². The number of ketones is 1. The van der Waals surface area contributed by atoms with Gasteiger partial charge in [-0.25, -0.2) is 0 Å². The van der Waals surface area contributed by atoms with Gasteiger partial charge in [-0.1, -0.05) is 12.1 Å². The van der Waals surface area contributed by atoms with Crippen molar-refractivity contribution in [1.29, 1.82) is 0 Å². The Bertz CT molecular complexity index is 2250. The minimum Gasteiger partial charge on any atom is -0.504 e. The van der Waals surface area contributed by atoms with Crippen molar-refractivity contribution < 1.29 is 93.8 Å². The minimum absolute atomic E-state index is 0.0956. The Morgan fingerprint density at radius 2 is 1.44 bits per heavy atom. The Labute approximate surface area is 333 Å². The molecule has 10 atom stereocenters. The molecular weight excluding hydrogens is 788 g/mol. The lowest BCUT2D eigenvalue weighted by Gasteiger charge is -2.43. The van der Waals surface area contributed by atoms with Gasteiger partial charge in [-0.3, -0.25) is 9.59 Å². The van der Waals surface area contributed by atoms with Gasteiger partial charge in [0.25, 0.3) is 0 Å². The molecule has 0 radical (unpaired) electrons. The molecule has 2 aliphatic rings. The third-order valence-electron chi connectivity index (χ3n) is 9.93. The van der Waals surface area contributed by atoms with Gasteiger partial charge in [0.1, 0.15) is 47.6 Å². The zero-order chi connectivity index (χ0) is 42.9. The average molecular weight is 831 g/mol. The van der Waals surface area contributed by atoms with E-state index in [0.717, 1.165) is 25.3 Å². The summed E-state index contributed by atoms with van der Waals surface area (Å²) in [6.45, 7) is -1.49. The average Bonchev–Trinajstić information content (AvgIpc) is 3.21. The standard InChI is InChI=1S/C39H42O20/c1-53-23-9-15(4-7-20(23)43)3-6-17(41)11-18-28(46)29(47)25(13-40)57-38(18)55-14-26-30(48)33(51)34(52)39(58-26)59-37-32(50)27-24(12-22(45)36(54-2)31(27)49)56-35(37)16-5-8-19(42)21(44)10-16/h3-10,12,18,25-26,28-30,33-34,38-40,42-49,51-52H,11,13-14H2,1-2H3/t18-,25+,26-,28-,29+,30-,33+,34-,38+,39+/m0/s1. The number of phenols is 5. The SMILES string of the molecule is COc1cc(C=CC(=O)C[C@@H]2[C@H](OC[C@@H]3O[C@H](Oc4c(-c5ccc(O)c(O)c5)oc5cc(O)c(OC)c(O)c5c4=O)[C@@H](O)[C@H](O)[C@H]3O)O[C@H](CO)[C@@H](O)[C@H]2O)ccc1O. The fourth-order valence-corrected chi connectivity index (χ4v) is 6.71. The lowest BCUT2D eigenvalue weighted by atomic mass is 9.87. The zero-order valence-corrected chi connectivity index (χ0v) is 31.2. The summed E-state index contributed by atoms with van der Waals surface area (Å²) in [7, 11) is 2.45. The van der Waals surface area contributed by atoms with Crippen molar-refractivity contribution in [3.63, 3.8) is 0 Å². The van der Waals surface area contributed by atoms with Crippen LogP contribution in [0.2, 0.25) is 0 Å². The van der Waals surface area contributed by atoms with Crippen LogP contribution in [0.15, 0.2) is 57.8 Å². The van der Waals surface area contributed by atoms with Gasteiger partial charge in [0.05, 0.1) is 33.5 Å². The van der Waals surface area contributed by atoms with Crippen molar-refractivity contribution in [1.82, 2.24) is 0 Å². The number of aliphatic hydroxyl groups excluding tert-OH is 6. The Kier molecular flexibility index (Phi) is 12.8. The molecule has 0 unspecified atom stereocenters. The second-order valence-electron chi connectivity index (χ2n) is 13.7. The number of benzene rings is 3. The van der Waals surface area contributed by atoms with Gasteiger partial charge < -0.3 is 89.0 Å². The molecular formula is C39H42O20. The third kappa shape index (κ3) is 8.57. The predicted octanol–water partition coefficient (Wildman–Crippen LogP) is -0.0640. The molecule has 6 rings (SSSR count). The lowest BCUT2D eigenvalue weighted by Crippen LogP contribution is -2.61. The Morgan fingerprint density at radius 1 is 0.746 bits per heavy atom. The molecule has 0 aliphatic carbocycles. The van der Waals surface area contributed by atoms with E-state index in [1.54, 1.807) is 0 Å². The highest BCUT2D eigenvalue weighted by atomic mass is 16.7. The van der Waals surface area contributed by atoms with Crippen molar-refractivity contribution in [2.45, 2.75) is 61.7 Å². The van der Waals surface area contributed by atoms with Crippen LogP contribution in [0.25, 0.3) is 28.4 Å². The second kappa shape index (κ2) is 17.7. The van der Waals surface area contributed by atoms with Crippen molar-refractivity contribution in [2.24, 2.45) is 5.92 Å². The van der Waals surface area contributed by atoms with Gasteiger partial charge in [0, 0.05) is 24.0 Å². The summed E-state index contributed by atoms with van der Waals surface area (Å²) >= 11 is 0. The summed E-state index contributed by atoms with van der Waals surface area (Å²) in [5.41, 5.74) is -1.13. The van der Waals surface area contributed by atoms with Gasteiger partial charge in [0.2, 0.25) is 23.2 Å². The van der Waals surface area contributed by atoms with Gasteiger partial charge in [0.15, 0.2) is 52.3 Å². The number of hydrogen-bond acceptors (Lipinski definition) is 20. The molecule has 318 valence electrons. The smallest absolute Gasteiger partial charge is 0.239 e. The number of methoxy groups -OCH3 is 2. The molecule has 20 nitrogen and oxygen atoms in total. The predicted molar refractivity (Wildman–Crippen MR) is 199 cm³/mol. The van der Waals surface area contributed by atoms with Crippen LogP contribution in [-0.4, -0.2) is 145 Å². The molecule has 1 aromatic heterocycles. The van der Waals surface area contributed by atoms with Gasteiger partial charge in [-0.05, 0) is 42.0 Å². The van der Waals surface area contributed by atoms with E-state index >= 15 is 0 Å². The zero-order valence-electron chi connectivity index (χ0n) is 31.2. The van der Waals surface area contributed by atoms with E-state index in [4.69, 9.17) is 32.8 Å². The largest absolute Gasteiger partial charge is 0.504 e. The van der Waals surface area contributed by atoms with Crippen LogP contribution < -0.4 is 19.6 Å². The summed E-state index contributed by atoms with van der Waals surface area (Å²) in [5, 5.41) is 115. The van der Waals surface area contributed by atoms with Crippen LogP contribution >= 0.6 is 0 Å². The molecule has 3 aromatic carbocycles. The monoisotopic (exact) mass is 830 g/mol. The highest BCUT2D eigenvalue weighted by Crippen LogP contribution is 2.44. The first-order valence-corrected chi connectivity index (χ1v) is 17.9. The number of rotatable bonds is 13. The summed E-state index contributed by atoms with van der Waals surface area (Å²) in [6.07, 6.45) is -13.8. The Morgan fingerprint density at radius 3 is 2.12 bits per heavy atom. The van der Waals surface area contributed by atoms with Crippen LogP contribution in [-0.2, 0) is 19.0 Å². The fourth-order valence-electron chi connectivity index (χ4n) is 6.71. The molecule has 4 aromatic rings. The van der Waals surface area contributed by atoms with Crippen molar-refractivity contribution in [3.05, 3.63) is 64.3 Å². The van der Waals surface area contributed by atoms with Crippen molar-refractivity contribution in [3.8, 4) is 57.3 Å². The quantitative estimate of drug-likeness (QED) is 0.0621. The van der Waals surface area contributed by atoms with Crippen molar-refractivity contribution in [2.75, 3.05) is 27.4 Å².